The van der Waals surface area contributed by atoms with Crippen molar-refractivity contribution in [2.45, 2.75) is 19.1 Å². The molecule has 0 saturated heterocycles. The number of nitrogens with zero attached hydrogens (tertiary/aromatic N) is 3. The summed E-state index contributed by atoms with van der Waals surface area (Å²) in [6.45, 7) is 0.385. The molecule has 0 saturated carbocycles. The Hall–Kier alpha value is -0.940. The second-order valence-corrected chi connectivity index (χ2v) is 2.28. The van der Waals surface area contributed by atoms with Gasteiger partial charge in [0.15, 0.2) is 0 Å². The lowest BCUT2D eigenvalue weighted by Crippen LogP contribution is -2.17. The van der Waals surface area contributed by atoms with Gasteiger partial charge in [0.05, 0.1) is 12.6 Å². The molecule has 0 spiro atoms. The van der Waals surface area contributed by atoms with Crippen LogP contribution in [0.3, 0.4) is 0 Å². The zero-order valence-electron chi connectivity index (χ0n) is 6.09. The molecular formula is C6H11N3O2. The van der Waals surface area contributed by atoms with E-state index < -0.39 is 6.10 Å². The number of aliphatic hydroxyl groups excluding tert-OH is 2. The second kappa shape index (κ2) is 4.05. The largest absolute Gasteiger partial charge is 0.396 e. The highest BCUT2D eigenvalue weighted by Gasteiger charge is 2.03. The van der Waals surface area contributed by atoms with Crippen LogP contribution < -0.4 is 0 Å². The fraction of sp³-hybridized carbons (Fsp3) is 0.667. The average Bonchev–Trinajstić information content (AvgIpc) is 2.40. The molecule has 0 bridgehead atoms. The molecule has 2 N–H and O–H groups in total. The monoisotopic (exact) mass is 157 g/mol. The minimum absolute atomic E-state index is 0.00410. The summed E-state index contributed by atoms with van der Waals surface area (Å²) < 4.78 is 1.53. The molecule has 0 fully saturated rings. The minimum Gasteiger partial charge on any atom is -0.396 e. The molecule has 0 aliphatic rings. The molecule has 5 nitrogen and oxygen atoms in total. The van der Waals surface area contributed by atoms with Gasteiger partial charge in [-0.15, -0.1) is 0 Å². The molecule has 0 aliphatic carbocycles. The lowest BCUT2D eigenvalue weighted by Gasteiger charge is -2.06. The van der Waals surface area contributed by atoms with E-state index in [1.165, 1.54) is 17.3 Å². The Morgan fingerprint density at radius 1 is 1.55 bits per heavy atom. The molecule has 1 aromatic heterocycles. The molecule has 1 rings (SSSR count). The van der Waals surface area contributed by atoms with Crippen LogP contribution in [0.2, 0.25) is 0 Å². The van der Waals surface area contributed by atoms with E-state index in [9.17, 15) is 5.11 Å². The number of hydrogen-bond donors (Lipinski definition) is 2. The standard InChI is InChI=1S/C6H11N3O2/c10-2-1-6(11)3-9-5-7-4-8-9/h4-6,10-11H,1-3H2. The molecular weight excluding hydrogens is 146 g/mol. The summed E-state index contributed by atoms with van der Waals surface area (Å²) in [6.07, 6.45) is 2.77. The van der Waals surface area contributed by atoms with Crippen molar-refractivity contribution in [1.82, 2.24) is 14.8 Å². The maximum atomic E-state index is 9.17. The molecule has 0 amide bonds. The number of rotatable bonds is 4. The SMILES string of the molecule is OCCC(O)Cn1cncn1. The normalized spacial score (nSPS) is 13.3. The second-order valence-electron chi connectivity index (χ2n) is 2.28. The van der Waals surface area contributed by atoms with Crippen molar-refractivity contribution < 1.29 is 10.2 Å². The van der Waals surface area contributed by atoms with Gasteiger partial charge in [-0.2, -0.15) is 5.10 Å². The smallest absolute Gasteiger partial charge is 0.137 e. The first-order valence-electron chi connectivity index (χ1n) is 3.44. The van der Waals surface area contributed by atoms with Gasteiger partial charge in [0.25, 0.3) is 0 Å². The van der Waals surface area contributed by atoms with Crippen LogP contribution in [0.1, 0.15) is 6.42 Å². The number of aromatic nitrogens is 3. The van der Waals surface area contributed by atoms with Gasteiger partial charge in [-0.1, -0.05) is 0 Å². The Labute approximate surface area is 64.3 Å². The van der Waals surface area contributed by atoms with Crippen LogP contribution in [-0.2, 0) is 6.54 Å². The van der Waals surface area contributed by atoms with E-state index in [0.29, 0.717) is 13.0 Å². The fourth-order valence-electron chi connectivity index (χ4n) is 0.783. The first-order chi connectivity index (χ1) is 5.33. The van der Waals surface area contributed by atoms with Gasteiger partial charge in [0, 0.05) is 6.61 Å². The third kappa shape index (κ3) is 2.65. The van der Waals surface area contributed by atoms with Crippen LogP contribution >= 0.6 is 0 Å². The maximum Gasteiger partial charge on any atom is 0.137 e. The third-order valence-corrected chi connectivity index (χ3v) is 1.33. The molecule has 1 aromatic rings. The molecule has 11 heavy (non-hydrogen) atoms. The molecule has 0 aliphatic heterocycles. The van der Waals surface area contributed by atoms with Crippen molar-refractivity contribution in [2.75, 3.05) is 6.61 Å². The molecule has 0 radical (unpaired) electrons. The van der Waals surface area contributed by atoms with Gasteiger partial charge in [-0.05, 0) is 6.42 Å². The number of aliphatic hydroxyl groups is 2. The zero-order valence-corrected chi connectivity index (χ0v) is 6.09. The van der Waals surface area contributed by atoms with E-state index in [2.05, 4.69) is 10.1 Å². The Morgan fingerprint density at radius 2 is 2.36 bits per heavy atom. The highest BCUT2D eigenvalue weighted by Crippen LogP contribution is 1.93. The highest BCUT2D eigenvalue weighted by atomic mass is 16.3. The van der Waals surface area contributed by atoms with E-state index in [-0.39, 0.29) is 6.61 Å². The fourth-order valence-corrected chi connectivity index (χ4v) is 0.783. The highest BCUT2D eigenvalue weighted by molar-refractivity contribution is 4.60. The summed E-state index contributed by atoms with van der Waals surface area (Å²) in [5, 5.41) is 21.4. The van der Waals surface area contributed by atoms with Crippen molar-refractivity contribution in [3.8, 4) is 0 Å². The van der Waals surface area contributed by atoms with E-state index >= 15 is 0 Å². The predicted molar refractivity (Wildman–Crippen MR) is 37.7 cm³/mol. The van der Waals surface area contributed by atoms with Crippen LogP contribution in [0.25, 0.3) is 0 Å². The molecule has 0 aromatic carbocycles. The lowest BCUT2D eigenvalue weighted by atomic mass is 10.3. The van der Waals surface area contributed by atoms with E-state index in [4.69, 9.17) is 5.11 Å². The molecule has 1 atom stereocenters. The van der Waals surface area contributed by atoms with Crippen LogP contribution in [0.15, 0.2) is 12.7 Å². The van der Waals surface area contributed by atoms with Crippen LogP contribution in [0.5, 0.6) is 0 Å². The molecule has 5 heteroatoms. The summed E-state index contributed by atoms with van der Waals surface area (Å²) in [7, 11) is 0. The van der Waals surface area contributed by atoms with Crippen molar-refractivity contribution >= 4 is 0 Å². The average molecular weight is 157 g/mol. The Balaban J connectivity index is 2.31. The summed E-state index contributed by atoms with van der Waals surface area (Å²) >= 11 is 0. The summed E-state index contributed by atoms with van der Waals surface area (Å²) in [5.41, 5.74) is 0. The molecule has 1 unspecified atom stereocenters. The first kappa shape index (κ1) is 8.16. The predicted octanol–water partition coefficient (Wildman–Crippen LogP) is -0.979. The molecule has 62 valence electrons. The van der Waals surface area contributed by atoms with E-state index in [0.717, 1.165) is 0 Å². The van der Waals surface area contributed by atoms with Gasteiger partial charge in [-0.3, -0.25) is 4.68 Å². The number of hydrogen-bond acceptors (Lipinski definition) is 4. The van der Waals surface area contributed by atoms with Gasteiger partial charge in [0.2, 0.25) is 0 Å². The maximum absolute atomic E-state index is 9.17. The third-order valence-electron chi connectivity index (χ3n) is 1.33. The van der Waals surface area contributed by atoms with Crippen molar-refractivity contribution in [2.24, 2.45) is 0 Å². The topological polar surface area (TPSA) is 71.2 Å². The van der Waals surface area contributed by atoms with Crippen LogP contribution in [0, 0.1) is 0 Å². The van der Waals surface area contributed by atoms with Crippen LogP contribution in [-0.4, -0.2) is 37.7 Å². The van der Waals surface area contributed by atoms with E-state index in [1.54, 1.807) is 0 Å². The summed E-state index contributed by atoms with van der Waals surface area (Å²) in [6, 6.07) is 0. The van der Waals surface area contributed by atoms with Gasteiger partial charge < -0.3 is 10.2 Å². The molecule has 1 heterocycles. The summed E-state index contributed by atoms with van der Waals surface area (Å²) in [5.74, 6) is 0. The minimum atomic E-state index is -0.540. The first-order valence-corrected chi connectivity index (χ1v) is 3.44. The Morgan fingerprint density at radius 3 is 2.91 bits per heavy atom. The van der Waals surface area contributed by atoms with E-state index in [1.807, 2.05) is 0 Å². The lowest BCUT2D eigenvalue weighted by molar-refractivity contribution is 0.113. The van der Waals surface area contributed by atoms with Crippen molar-refractivity contribution in [1.29, 1.82) is 0 Å². The Bertz CT molecular complexity index is 188. The van der Waals surface area contributed by atoms with Crippen LogP contribution in [0.4, 0.5) is 0 Å². The summed E-state index contributed by atoms with van der Waals surface area (Å²) in [4.78, 5) is 3.71. The van der Waals surface area contributed by atoms with Crippen molar-refractivity contribution in [3.05, 3.63) is 12.7 Å². The zero-order chi connectivity index (χ0) is 8.10. The Kier molecular flexibility index (Phi) is 3.00. The van der Waals surface area contributed by atoms with Gasteiger partial charge in [-0.25, -0.2) is 4.98 Å². The van der Waals surface area contributed by atoms with Crippen molar-refractivity contribution in [3.63, 3.8) is 0 Å². The van der Waals surface area contributed by atoms with Gasteiger partial charge in [0.1, 0.15) is 12.7 Å². The quantitative estimate of drug-likeness (QED) is 0.589. The van der Waals surface area contributed by atoms with Gasteiger partial charge >= 0.3 is 0 Å².